The number of halogens is 2. The first-order valence-corrected chi connectivity index (χ1v) is 6.32. The van der Waals surface area contributed by atoms with Gasteiger partial charge in [-0.05, 0) is 53.8 Å². The highest BCUT2D eigenvalue weighted by Gasteiger charge is 2.04. The number of rotatable bonds is 3. The second-order valence-electron chi connectivity index (χ2n) is 3.88. The molecule has 0 radical (unpaired) electrons. The summed E-state index contributed by atoms with van der Waals surface area (Å²) in [5, 5.41) is 7.55. The van der Waals surface area contributed by atoms with Crippen LogP contribution >= 0.6 is 22.6 Å². The maximum Gasteiger partial charge on any atom is 0.124 e. The molecule has 0 saturated heterocycles. The molecule has 0 amide bonds. The van der Waals surface area contributed by atoms with Gasteiger partial charge in [-0.15, -0.1) is 0 Å². The van der Waals surface area contributed by atoms with Crippen molar-refractivity contribution in [1.29, 1.82) is 0 Å². The summed E-state index contributed by atoms with van der Waals surface area (Å²) in [7, 11) is 1.92. The molecule has 2 rings (SSSR count). The van der Waals surface area contributed by atoms with Gasteiger partial charge in [0.15, 0.2) is 0 Å². The molecule has 5 heteroatoms. The molecule has 3 nitrogen and oxygen atoms in total. The minimum atomic E-state index is -0.212. The highest BCUT2D eigenvalue weighted by Crippen LogP contribution is 2.19. The van der Waals surface area contributed by atoms with Crippen LogP contribution in [0, 0.1) is 16.3 Å². The molecule has 0 fully saturated rings. The molecule has 0 aliphatic heterocycles. The zero-order valence-corrected chi connectivity index (χ0v) is 11.8. The Balaban J connectivity index is 2.10. The molecule has 1 heterocycles. The van der Waals surface area contributed by atoms with E-state index < -0.39 is 0 Å². The minimum Gasteiger partial charge on any atom is -0.379 e. The fraction of sp³-hybridized carbons (Fsp3) is 0.250. The van der Waals surface area contributed by atoms with Crippen LogP contribution in [0.3, 0.4) is 0 Å². The van der Waals surface area contributed by atoms with Crippen LogP contribution in [0.1, 0.15) is 11.4 Å². The van der Waals surface area contributed by atoms with E-state index in [2.05, 4.69) is 33.0 Å². The summed E-state index contributed by atoms with van der Waals surface area (Å²) in [6.45, 7) is 2.64. The van der Waals surface area contributed by atoms with Gasteiger partial charge >= 0.3 is 0 Å². The third-order valence-electron chi connectivity index (χ3n) is 2.49. The molecular weight excluding hydrogens is 332 g/mol. The standard InChI is InChI=1S/C12H13FIN3/c1-8-5-10(17(2)16-8)7-15-12-4-3-9(13)6-11(12)14/h3-6,15H,7H2,1-2H3. The number of nitrogens with zero attached hydrogens (tertiary/aromatic N) is 2. The summed E-state index contributed by atoms with van der Waals surface area (Å²) >= 11 is 2.12. The van der Waals surface area contributed by atoms with Crippen LogP contribution in [0.2, 0.25) is 0 Å². The number of nitrogens with one attached hydrogen (secondary N) is 1. The number of benzene rings is 1. The lowest BCUT2D eigenvalue weighted by Gasteiger charge is -2.08. The van der Waals surface area contributed by atoms with Crippen LogP contribution in [0.15, 0.2) is 24.3 Å². The second-order valence-corrected chi connectivity index (χ2v) is 5.04. The topological polar surface area (TPSA) is 29.9 Å². The van der Waals surface area contributed by atoms with E-state index in [1.165, 1.54) is 12.1 Å². The van der Waals surface area contributed by atoms with Gasteiger partial charge in [-0.25, -0.2) is 4.39 Å². The molecule has 17 heavy (non-hydrogen) atoms. The summed E-state index contributed by atoms with van der Waals surface area (Å²) in [5.41, 5.74) is 3.03. The zero-order chi connectivity index (χ0) is 12.4. The van der Waals surface area contributed by atoms with E-state index in [9.17, 15) is 4.39 Å². The number of aromatic nitrogens is 2. The smallest absolute Gasteiger partial charge is 0.124 e. The fourth-order valence-electron chi connectivity index (χ4n) is 1.65. The van der Waals surface area contributed by atoms with Gasteiger partial charge in [0.1, 0.15) is 5.82 Å². The maximum atomic E-state index is 12.9. The molecule has 0 bridgehead atoms. The lowest BCUT2D eigenvalue weighted by molar-refractivity contribution is 0.627. The van der Waals surface area contributed by atoms with Gasteiger partial charge in [-0.2, -0.15) is 5.10 Å². The van der Waals surface area contributed by atoms with E-state index in [0.717, 1.165) is 20.6 Å². The first-order valence-electron chi connectivity index (χ1n) is 5.24. The van der Waals surface area contributed by atoms with Crippen LogP contribution in [0.4, 0.5) is 10.1 Å². The Morgan fingerprint density at radius 3 is 2.76 bits per heavy atom. The zero-order valence-electron chi connectivity index (χ0n) is 9.67. The van der Waals surface area contributed by atoms with E-state index in [1.807, 2.05) is 24.7 Å². The van der Waals surface area contributed by atoms with Gasteiger partial charge in [0, 0.05) is 16.3 Å². The summed E-state index contributed by atoms with van der Waals surface area (Å²) in [6, 6.07) is 6.75. The number of aryl methyl sites for hydroxylation is 2. The molecule has 0 atom stereocenters. The van der Waals surface area contributed by atoms with Gasteiger partial charge in [0.2, 0.25) is 0 Å². The highest BCUT2D eigenvalue weighted by molar-refractivity contribution is 14.1. The molecule has 0 aliphatic carbocycles. The Hall–Kier alpha value is -1.11. The predicted molar refractivity (Wildman–Crippen MR) is 74.4 cm³/mol. The predicted octanol–water partition coefficient (Wildman–Crippen LogP) is 3.08. The Labute approximate surface area is 113 Å². The van der Waals surface area contributed by atoms with Crippen molar-refractivity contribution in [2.24, 2.45) is 7.05 Å². The molecule has 0 aliphatic rings. The monoisotopic (exact) mass is 345 g/mol. The van der Waals surface area contributed by atoms with Crippen LogP contribution in [0.25, 0.3) is 0 Å². The molecule has 90 valence electrons. The van der Waals surface area contributed by atoms with E-state index in [0.29, 0.717) is 6.54 Å². The largest absolute Gasteiger partial charge is 0.379 e. The van der Waals surface area contributed by atoms with Gasteiger partial charge in [-0.3, -0.25) is 4.68 Å². The first-order chi connectivity index (χ1) is 8.06. The third kappa shape index (κ3) is 2.96. The molecule has 0 saturated carbocycles. The summed E-state index contributed by atoms with van der Waals surface area (Å²) in [6.07, 6.45) is 0. The van der Waals surface area contributed by atoms with E-state index in [-0.39, 0.29) is 5.82 Å². The van der Waals surface area contributed by atoms with Crippen molar-refractivity contribution in [2.45, 2.75) is 13.5 Å². The molecule has 2 aromatic rings. The van der Waals surface area contributed by atoms with Crippen molar-refractivity contribution in [3.05, 3.63) is 45.0 Å². The molecular formula is C12H13FIN3. The van der Waals surface area contributed by atoms with Crippen molar-refractivity contribution in [2.75, 3.05) is 5.32 Å². The van der Waals surface area contributed by atoms with Crippen LogP contribution in [0.5, 0.6) is 0 Å². The van der Waals surface area contributed by atoms with Crippen molar-refractivity contribution in [3.63, 3.8) is 0 Å². The van der Waals surface area contributed by atoms with Crippen molar-refractivity contribution >= 4 is 28.3 Å². The third-order valence-corrected chi connectivity index (χ3v) is 3.38. The number of anilines is 1. The molecule has 0 spiro atoms. The van der Waals surface area contributed by atoms with Gasteiger partial charge in [0.25, 0.3) is 0 Å². The minimum absolute atomic E-state index is 0.212. The van der Waals surface area contributed by atoms with Crippen molar-refractivity contribution in [1.82, 2.24) is 9.78 Å². The SMILES string of the molecule is Cc1cc(CNc2ccc(F)cc2I)n(C)n1. The second kappa shape index (κ2) is 5.03. The van der Waals surface area contributed by atoms with Crippen molar-refractivity contribution < 1.29 is 4.39 Å². The Kier molecular flexibility index (Phi) is 3.66. The van der Waals surface area contributed by atoms with Gasteiger partial charge in [0.05, 0.1) is 17.9 Å². The fourth-order valence-corrected chi connectivity index (χ4v) is 2.32. The molecule has 1 aromatic carbocycles. The van der Waals surface area contributed by atoms with E-state index in [1.54, 1.807) is 6.07 Å². The summed E-state index contributed by atoms with van der Waals surface area (Å²) in [4.78, 5) is 0. The lowest BCUT2D eigenvalue weighted by Crippen LogP contribution is -2.06. The summed E-state index contributed by atoms with van der Waals surface area (Å²) < 4.78 is 15.7. The first kappa shape index (κ1) is 12.3. The van der Waals surface area contributed by atoms with Gasteiger partial charge < -0.3 is 5.32 Å². The van der Waals surface area contributed by atoms with E-state index >= 15 is 0 Å². The average Bonchev–Trinajstić information content (AvgIpc) is 2.56. The lowest BCUT2D eigenvalue weighted by atomic mass is 10.3. The molecule has 1 N–H and O–H groups in total. The molecule has 0 unspecified atom stereocenters. The molecule has 1 aromatic heterocycles. The number of hydrogen-bond donors (Lipinski definition) is 1. The maximum absolute atomic E-state index is 12.9. The van der Waals surface area contributed by atoms with Crippen LogP contribution in [-0.2, 0) is 13.6 Å². The average molecular weight is 345 g/mol. The van der Waals surface area contributed by atoms with E-state index in [4.69, 9.17) is 0 Å². The summed E-state index contributed by atoms with van der Waals surface area (Å²) in [5.74, 6) is -0.212. The Bertz CT molecular complexity index is 537. The number of hydrogen-bond acceptors (Lipinski definition) is 2. The quantitative estimate of drug-likeness (QED) is 0.867. The van der Waals surface area contributed by atoms with Crippen LogP contribution in [-0.4, -0.2) is 9.78 Å². The Morgan fingerprint density at radius 2 is 2.18 bits per heavy atom. The highest BCUT2D eigenvalue weighted by atomic mass is 127. The normalized spacial score (nSPS) is 10.6. The van der Waals surface area contributed by atoms with Gasteiger partial charge in [-0.1, -0.05) is 0 Å². The Morgan fingerprint density at radius 1 is 1.41 bits per heavy atom. The van der Waals surface area contributed by atoms with Crippen molar-refractivity contribution in [3.8, 4) is 0 Å². The van der Waals surface area contributed by atoms with Crippen LogP contribution < -0.4 is 5.32 Å².